The van der Waals surface area contributed by atoms with Crippen LogP contribution in [-0.2, 0) is 20.7 Å². The van der Waals surface area contributed by atoms with Gasteiger partial charge in [-0.05, 0) is 31.4 Å². The molecule has 0 amide bonds. The molecular weight excluding hydrogens is 272 g/mol. The summed E-state index contributed by atoms with van der Waals surface area (Å²) in [6, 6.07) is 7.48. The first-order valence-corrected chi connectivity index (χ1v) is 7.19. The van der Waals surface area contributed by atoms with Gasteiger partial charge in [0.2, 0.25) is 6.29 Å². The highest BCUT2D eigenvalue weighted by Gasteiger charge is 2.21. The van der Waals surface area contributed by atoms with E-state index in [-0.39, 0.29) is 13.1 Å². The Bertz CT molecular complexity index is 361. The van der Waals surface area contributed by atoms with E-state index in [1.54, 1.807) is 0 Å². The second-order valence-corrected chi connectivity index (χ2v) is 4.29. The topological polar surface area (TPSA) is 76.0 Å². The molecule has 0 aromatic heterocycles. The zero-order valence-electron chi connectivity index (χ0n) is 13.0. The Labute approximate surface area is 126 Å². The Kier molecular flexibility index (Phi) is 11.5. The molecule has 0 saturated carbocycles. The summed E-state index contributed by atoms with van der Waals surface area (Å²) in [5.74, 6) is -0.601. The molecule has 0 aliphatic rings. The second kappa shape index (κ2) is 12.3. The molecule has 5 heteroatoms. The first kappa shape index (κ1) is 19.6. The molecule has 1 rings (SSSR count). The van der Waals surface area contributed by atoms with E-state index >= 15 is 0 Å². The number of carbonyl (C=O) groups is 1. The first-order valence-electron chi connectivity index (χ1n) is 7.19. The van der Waals surface area contributed by atoms with Crippen molar-refractivity contribution in [2.24, 2.45) is 0 Å². The molecule has 0 radical (unpaired) electrons. The van der Waals surface area contributed by atoms with Crippen LogP contribution in [0.2, 0.25) is 0 Å². The Morgan fingerprint density at radius 2 is 1.71 bits per heavy atom. The quantitative estimate of drug-likeness (QED) is 0.566. The summed E-state index contributed by atoms with van der Waals surface area (Å²) in [5, 5.41) is 18.6. The highest BCUT2D eigenvalue weighted by molar-refractivity contribution is 5.37. The summed E-state index contributed by atoms with van der Waals surface area (Å²) in [6.45, 7) is 7.61. The van der Waals surface area contributed by atoms with E-state index in [2.05, 4.69) is 4.74 Å². The lowest BCUT2D eigenvalue weighted by atomic mass is 9.98. The highest BCUT2D eigenvalue weighted by atomic mass is 16.6. The van der Waals surface area contributed by atoms with Crippen molar-refractivity contribution in [3.05, 3.63) is 35.4 Å². The van der Waals surface area contributed by atoms with Crippen LogP contribution in [0.15, 0.2) is 24.3 Å². The van der Waals surface area contributed by atoms with Crippen LogP contribution in [0.25, 0.3) is 0 Å². The van der Waals surface area contributed by atoms with Crippen molar-refractivity contribution in [1.29, 1.82) is 0 Å². The van der Waals surface area contributed by atoms with Crippen LogP contribution in [0.1, 0.15) is 37.8 Å². The standard InChI is InChI=1S/C12H16O4.C4H10O/c1-2-9-3-5-10(6-4-9)11(7-13)12(15)16-8-14;1-3-5-4-2/h3-6,8,11-13,15H,2,7H2,1H3;3-4H2,1-2H3. The maximum atomic E-state index is 10.1. The van der Waals surface area contributed by atoms with Crippen molar-refractivity contribution >= 4 is 6.47 Å². The third-order valence-corrected chi connectivity index (χ3v) is 2.96. The van der Waals surface area contributed by atoms with Gasteiger partial charge in [-0.2, -0.15) is 0 Å². The van der Waals surface area contributed by atoms with E-state index in [9.17, 15) is 9.90 Å². The van der Waals surface area contributed by atoms with Crippen molar-refractivity contribution in [3.63, 3.8) is 0 Å². The normalized spacial score (nSPS) is 12.8. The van der Waals surface area contributed by atoms with Gasteiger partial charge in [0.25, 0.3) is 6.47 Å². The minimum atomic E-state index is -1.31. The maximum Gasteiger partial charge on any atom is 0.295 e. The number of aryl methyl sites for hydroxylation is 1. The zero-order valence-corrected chi connectivity index (χ0v) is 13.0. The van der Waals surface area contributed by atoms with E-state index in [1.165, 1.54) is 5.56 Å². The SMILES string of the molecule is CCOCC.CCc1ccc(C(CO)C(O)OC=O)cc1. The number of aliphatic hydroxyl groups is 2. The summed E-state index contributed by atoms with van der Waals surface area (Å²) in [4.78, 5) is 10.1. The van der Waals surface area contributed by atoms with E-state index in [4.69, 9.17) is 9.84 Å². The summed E-state index contributed by atoms with van der Waals surface area (Å²) in [7, 11) is 0. The largest absolute Gasteiger partial charge is 0.437 e. The molecule has 2 unspecified atom stereocenters. The zero-order chi connectivity index (χ0) is 16.1. The molecule has 0 aliphatic carbocycles. The summed E-state index contributed by atoms with van der Waals surface area (Å²) < 4.78 is 9.25. The van der Waals surface area contributed by atoms with Crippen molar-refractivity contribution in [2.45, 2.75) is 39.4 Å². The van der Waals surface area contributed by atoms with Gasteiger partial charge >= 0.3 is 0 Å². The third-order valence-electron chi connectivity index (χ3n) is 2.96. The molecule has 5 nitrogen and oxygen atoms in total. The fourth-order valence-corrected chi connectivity index (χ4v) is 1.72. The molecule has 21 heavy (non-hydrogen) atoms. The minimum Gasteiger partial charge on any atom is -0.437 e. The molecule has 120 valence electrons. The van der Waals surface area contributed by atoms with Crippen molar-refractivity contribution in [2.75, 3.05) is 19.8 Å². The molecule has 0 spiro atoms. The Morgan fingerprint density at radius 1 is 1.14 bits per heavy atom. The molecule has 0 fully saturated rings. The average Bonchev–Trinajstić information content (AvgIpc) is 2.50. The molecular formula is C16H26O5. The van der Waals surface area contributed by atoms with Gasteiger partial charge in [-0.3, -0.25) is 4.79 Å². The Balaban J connectivity index is 0.000000690. The molecule has 2 N–H and O–H groups in total. The van der Waals surface area contributed by atoms with Crippen LogP contribution in [0.5, 0.6) is 0 Å². The smallest absolute Gasteiger partial charge is 0.295 e. The maximum absolute atomic E-state index is 10.1. The van der Waals surface area contributed by atoms with Gasteiger partial charge in [0.05, 0.1) is 12.5 Å². The monoisotopic (exact) mass is 298 g/mol. The van der Waals surface area contributed by atoms with Crippen LogP contribution in [0, 0.1) is 0 Å². The number of benzene rings is 1. The fraction of sp³-hybridized carbons (Fsp3) is 0.562. The van der Waals surface area contributed by atoms with Gasteiger partial charge in [-0.1, -0.05) is 31.2 Å². The van der Waals surface area contributed by atoms with Crippen LogP contribution in [0.4, 0.5) is 0 Å². The molecule has 0 saturated heterocycles. The van der Waals surface area contributed by atoms with Crippen LogP contribution >= 0.6 is 0 Å². The van der Waals surface area contributed by atoms with E-state index < -0.39 is 12.2 Å². The van der Waals surface area contributed by atoms with Gasteiger partial charge in [0.15, 0.2) is 0 Å². The lowest BCUT2D eigenvalue weighted by Crippen LogP contribution is -2.24. The third kappa shape index (κ3) is 7.80. The predicted octanol–water partition coefficient (Wildman–Crippen LogP) is 1.86. The van der Waals surface area contributed by atoms with Crippen molar-refractivity contribution in [1.82, 2.24) is 0 Å². The molecule has 0 bridgehead atoms. The lowest BCUT2D eigenvalue weighted by Gasteiger charge is -2.19. The second-order valence-electron chi connectivity index (χ2n) is 4.29. The highest BCUT2D eigenvalue weighted by Crippen LogP contribution is 2.20. The van der Waals surface area contributed by atoms with Gasteiger partial charge in [-0.25, -0.2) is 0 Å². The molecule has 1 aromatic carbocycles. The van der Waals surface area contributed by atoms with E-state index in [1.807, 2.05) is 45.0 Å². The number of aliphatic hydroxyl groups excluding tert-OH is 2. The van der Waals surface area contributed by atoms with E-state index in [0.717, 1.165) is 25.2 Å². The summed E-state index contributed by atoms with van der Waals surface area (Å²) in [6.07, 6.45) is -0.382. The van der Waals surface area contributed by atoms with Crippen molar-refractivity contribution in [3.8, 4) is 0 Å². The Hall–Kier alpha value is -1.43. The molecule has 1 aromatic rings. The summed E-state index contributed by atoms with van der Waals surface area (Å²) >= 11 is 0. The van der Waals surface area contributed by atoms with Crippen molar-refractivity contribution < 1.29 is 24.5 Å². The molecule has 2 atom stereocenters. The van der Waals surface area contributed by atoms with Crippen LogP contribution < -0.4 is 0 Å². The fourth-order valence-electron chi connectivity index (χ4n) is 1.72. The molecule has 0 aliphatic heterocycles. The molecule has 0 heterocycles. The first-order chi connectivity index (χ1) is 10.1. The van der Waals surface area contributed by atoms with Gasteiger partial charge in [0.1, 0.15) is 0 Å². The van der Waals surface area contributed by atoms with Gasteiger partial charge < -0.3 is 19.7 Å². The van der Waals surface area contributed by atoms with Crippen LogP contribution in [-0.4, -0.2) is 42.8 Å². The average molecular weight is 298 g/mol. The minimum absolute atomic E-state index is 0.174. The predicted molar refractivity (Wildman–Crippen MR) is 81.0 cm³/mol. The number of ether oxygens (including phenoxy) is 2. The number of rotatable bonds is 8. The Morgan fingerprint density at radius 3 is 2.05 bits per heavy atom. The number of hydrogen-bond acceptors (Lipinski definition) is 5. The number of hydrogen-bond donors (Lipinski definition) is 2. The van der Waals surface area contributed by atoms with Crippen LogP contribution in [0.3, 0.4) is 0 Å². The lowest BCUT2D eigenvalue weighted by molar-refractivity contribution is -0.157. The van der Waals surface area contributed by atoms with Gasteiger partial charge in [0, 0.05) is 13.2 Å². The van der Waals surface area contributed by atoms with E-state index in [0.29, 0.717) is 0 Å². The number of carbonyl (C=O) groups excluding carboxylic acids is 1. The van der Waals surface area contributed by atoms with Gasteiger partial charge in [-0.15, -0.1) is 0 Å². The summed E-state index contributed by atoms with van der Waals surface area (Å²) in [5.41, 5.74) is 1.92.